The van der Waals surface area contributed by atoms with Crippen molar-refractivity contribution in [1.29, 1.82) is 0 Å². The number of nitrogens with zero attached hydrogens (tertiary/aromatic N) is 1. The fourth-order valence-electron chi connectivity index (χ4n) is 3.53. The van der Waals surface area contributed by atoms with E-state index in [0.29, 0.717) is 5.91 Å². The predicted octanol–water partition coefficient (Wildman–Crippen LogP) is 2.95. The van der Waals surface area contributed by atoms with Crippen molar-refractivity contribution in [3.63, 3.8) is 0 Å². The molecule has 0 aromatic heterocycles. The highest BCUT2D eigenvalue weighted by Crippen LogP contribution is 2.27. The molecular formula is C16H30N2O. The summed E-state index contributed by atoms with van der Waals surface area (Å²) < 4.78 is 0. The molecule has 1 N–H and O–H groups in total. The van der Waals surface area contributed by atoms with E-state index in [9.17, 15) is 4.79 Å². The zero-order chi connectivity index (χ0) is 13.7. The van der Waals surface area contributed by atoms with Gasteiger partial charge < -0.3 is 10.2 Å². The Morgan fingerprint density at radius 1 is 1.26 bits per heavy atom. The van der Waals surface area contributed by atoms with Crippen LogP contribution in [0, 0.1) is 5.92 Å². The molecule has 0 aromatic rings. The van der Waals surface area contributed by atoms with E-state index in [-0.39, 0.29) is 5.54 Å². The normalized spacial score (nSPS) is 24.4. The van der Waals surface area contributed by atoms with Crippen LogP contribution in [0.3, 0.4) is 0 Å². The average molecular weight is 266 g/mol. The first-order chi connectivity index (χ1) is 9.07. The second kappa shape index (κ2) is 6.74. The molecule has 0 atom stereocenters. The van der Waals surface area contributed by atoms with E-state index in [0.717, 1.165) is 38.4 Å². The molecular weight excluding hydrogens is 236 g/mol. The van der Waals surface area contributed by atoms with Crippen LogP contribution in [0.4, 0.5) is 0 Å². The number of hydrogen-bond donors (Lipinski definition) is 1. The van der Waals surface area contributed by atoms with Crippen LogP contribution in [0.25, 0.3) is 0 Å². The van der Waals surface area contributed by atoms with E-state index >= 15 is 0 Å². The lowest BCUT2D eigenvalue weighted by molar-refractivity contribution is -0.133. The Morgan fingerprint density at radius 3 is 2.68 bits per heavy atom. The van der Waals surface area contributed by atoms with Crippen LogP contribution in [0.1, 0.15) is 65.2 Å². The van der Waals surface area contributed by atoms with Crippen molar-refractivity contribution in [3.8, 4) is 0 Å². The second-order valence-electron chi connectivity index (χ2n) is 7.02. The summed E-state index contributed by atoms with van der Waals surface area (Å²) >= 11 is 0. The molecule has 1 aliphatic carbocycles. The lowest BCUT2D eigenvalue weighted by Gasteiger charge is -2.39. The Kier molecular flexibility index (Phi) is 5.26. The molecule has 1 heterocycles. The van der Waals surface area contributed by atoms with E-state index in [1.807, 2.05) is 0 Å². The van der Waals surface area contributed by atoms with Crippen molar-refractivity contribution in [2.24, 2.45) is 5.92 Å². The van der Waals surface area contributed by atoms with Gasteiger partial charge in [0.2, 0.25) is 5.91 Å². The molecule has 2 aliphatic rings. The van der Waals surface area contributed by atoms with Gasteiger partial charge in [-0.05, 0) is 32.6 Å². The zero-order valence-corrected chi connectivity index (χ0v) is 12.7. The fraction of sp³-hybridized carbons (Fsp3) is 0.938. The Hall–Kier alpha value is -0.570. The van der Waals surface area contributed by atoms with Gasteiger partial charge in [-0.3, -0.25) is 4.79 Å². The van der Waals surface area contributed by atoms with Gasteiger partial charge in [-0.15, -0.1) is 0 Å². The molecule has 1 saturated heterocycles. The molecule has 3 nitrogen and oxygen atoms in total. The highest BCUT2D eigenvalue weighted by Gasteiger charge is 2.28. The molecule has 0 radical (unpaired) electrons. The Bertz CT molecular complexity index is 295. The summed E-state index contributed by atoms with van der Waals surface area (Å²) in [5, 5.41) is 3.46. The minimum absolute atomic E-state index is 0.0806. The van der Waals surface area contributed by atoms with Gasteiger partial charge in [0.25, 0.3) is 0 Å². The van der Waals surface area contributed by atoms with Crippen molar-refractivity contribution in [1.82, 2.24) is 10.2 Å². The summed E-state index contributed by atoms with van der Waals surface area (Å²) in [5.74, 6) is 1.27. The summed E-state index contributed by atoms with van der Waals surface area (Å²) in [4.78, 5) is 14.3. The van der Waals surface area contributed by atoms with Gasteiger partial charge in [-0.25, -0.2) is 0 Å². The molecule has 19 heavy (non-hydrogen) atoms. The maximum absolute atomic E-state index is 12.2. The minimum atomic E-state index is 0.0806. The molecule has 0 bridgehead atoms. The first-order valence-corrected chi connectivity index (χ1v) is 8.10. The predicted molar refractivity (Wildman–Crippen MR) is 79.1 cm³/mol. The Morgan fingerprint density at radius 2 is 2.00 bits per heavy atom. The molecule has 0 unspecified atom stereocenters. The number of nitrogens with one attached hydrogen (secondary N) is 1. The molecule has 2 rings (SSSR count). The lowest BCUT2D eigenvalue weighted by Crippen LogP contribution is -2.58. The third kappa shape index (κ3) is 4.79. The summed E-state index contributed by atoms with van der Waals surface area (Å²) in [7, 11) is 0. The Balaban J connectivity index is 1.66. The van der Waals surface area contributed by atoms with Gasteiger partial charge in [-0.2, -0.15) is 0 Å². The highest BCUT2D eigenvalue weighted by atomic mass is 16.2. The first kappa shape index (κ1) is 14.8. The molecule has 3 heteroatoms. The first-order valence-electron chi connectivity index (χ1n) is 8.10. The highest BCUT2D eigenvalue weighted by molar-refractivity contribution is 5.76. The van der Waals surface area contributed by atoms with Crippen molar-refractivity contribution >= 4 is 5.91 Å². The average Bonchev–Trinajstić information content (AvgIpc) is 2.38. The van der Waals surface area contributed by atoms with Crippen molar-refractivity contribution < 1.29 is 4.79 Å². The number of rotatable bonds is 4. The zero-order valence-electron chi connectivity index (χ0n) is 12.7. The van der Waals surface area contributed by atoms with Crippen LogP contribution in [-0.4, -0.2) is 36.0 Å². The van der Waals surface area contributed by atoms with Crippen LogP contribution in [0.15, 0.2) is 0 Å². The molecule has 2 fully saturated rings. The van der Waals surface area contributed by atoms with Crippen LogP contribution < -0.4 is 5.32 Å². The molecule has 110 valence electrons. The van der Waals surface area contributed by atoms with Crippen LogP contribution >= 0.6 is 0 Å². The monoisotopic (exact) mass is 266 g/mol. The number of piperazine rings is 1. The summed E-state index contributed by atoms with van der Waals surface area (Å²) in [6.45, 7) is 7.02. The van der Waals surface area contributed by atoms with Gasteiger partial charge in [0, 0.05) is 31.6 Å². The summed E-state index contributed by atoms with van der Waals surface area (Å²) in [5.41, 5.74) is 0.0806. The SMILES string of the molecule is CC1(C)CN(C(=O)CCCC2CCCCC2)CCN1. The van der Waals surface area contributed by atoms with Gasteiger partial charge in [0.1, 0.15) is 0 Å². The minimum Gasteiger partial charge on any atom is -0.340 e. The molecule has 1 aliphatic heterocycles. The number of carbonyl (C=O) groups is 1. The fourth-order valence-corrected chi connectivity index (χ4v) is 3.53. The molecule has 0 spiro atoms. The molecule has 0 aromatic carbocycles. The third-order valence-corrected chi connectivity index (χ3v) is 4.65. The van der Waals surface area contributed by atoms with E-state index < -0.39 is 0 Å². The number of hydrogen-bond acceptors (Lipinski definition) is 2. The molecule has 1 amide bonds. The summed E-state index contributed by atoms with van der Waals surface area (Å²) in [6, 6.07) is 0. The van der Waals surface area contributed by atoms with E-state index in [1.165, 1.54) is 38.5 Å². The van der Waals surface area contributed by atoms with Crippen molar-refractivity contribution in [2.45, 2.75) is 70.8 Å². The summed E-state index contributed by atoms with van der Waals surface area (Å²) in [6.07, 6.45) is 10.1. The lowest BCUT2D eigenvalue weighted by atomic mass is 9.86. The van der Waals surface area contributed by atoms with Crippen LogP contribution in [0.5, 0.6) is 0 Å². The van der Waals surface area contributed by atoms with Gasteiger partial charge >= 0.3 is 0 Å². The van der Waals surface area contributed by atoms with E-state index in [1.54, 1.807) is 0 Å². The van der Waals surface area contributed by atoms with Gasteiger partial charge in [-0.1, -0.05) is 32.1 Å². The van der Waals surface area contributed by atoms with Crippen molar-refractivity contribution in [3.05, 3.63) is 0 Å². The largest absolute Gasteiger partial charge is 0.340 e. The van der Waals surface area contributed by atoms with E-state index in [4.69, 9.17) is 0 Å². The smallest absolute Gasteiger partial charge is 0.222 e. The quantitative estimate of drug-likeness (QED) is 0.848. The Labute approximate surface area is 118 Å². The van der Waals surface area contributed by atoms with Crippen LogP contribution in [0.2, 0.25) is 0 Å². The number of amides is 1. The van der Waals surface area contributed by atoms with Gasteiger partial charge in [0.15, 0.2) is 0 Å². The maximum atomic E-state index is 12.2. The van der Waals surface area contributed by atoms with Gasteiger partial charge in [0.05, 0.1) is 0 Å². The van der Waals surface area contributed by atoms with Crippen molar-refractivity contribution in [2.75, 3.05) is 19.6 Å². The van der Waals surface area contributed by atoms with Crippen LogP contribution in [-0.2, 0) is 4.79 Å². The van der Waals surface area contributed by atoms with E-state index in [2.05, 4.69) is 24.1 Å². The third-order valence-electron chi connectivity index (χ3n) is 4.65. The number of carbonyl (C=O) groups excluding carboxylic acids is 1. The maximum Gasteiger partial charge on any atom is 0.222 e. The molecule has 1 saturated carbocycles. The standard InChI is InChI=1S/C16H30N2O/c1-16(2)13-18(12-11-17-16)15(19)10-6-9-14-7-4-3-5-8-14/h14,17H,3-13H2,1-2H3. The second-order valence-corrected chi connectivity index (χ2v) is 7.02. The topological polar surface area (TPSA) is 32.3 Å².